The Morgan fingerprint density at radius 2 is 1.69 bits per heavy atom. The second-order valence-electron chi connectivity index (χ2n) is 7.55. The Balaban J connectivity index is 2.29. The van der Waals surface area contributed by atoms with E-state index in [1.165, 1.54) is 4.57 Å². The van der Waals surface area contributed by atoms with E-state index in [2.05, 4.69) is 25.8 Å². The van der Waals surface area contributed by atoms with Gasteiger partial charge in [-0.05, 0) is 42.2 Å². The van der Waals surface area contributed by atoms with Crippen LogP contribution in [-0.4, -0.2) is 15.5 Å². The molecule has 3 rings (SSSR count). The first kappa shape index (κ1) is 17.9. The van der Waals surface area contributed by atoms with Crippen molar-refractivity contribution in [1.82, 2.24) is 9.55 Å². The summed E-state index contributed by atoms with van der Waals surface area (Å²) in [4.78, 5) is 29.5. The third-order valence-corrected chi connectivity index (χ3v) is 4.61. The second-order valence-corrected chi connectivity index (χ2v) is 7.55. The largest absolute Gasteiger partial charge is 0.369 e. The lowest BCUT2D eigenvalue weighted by molar-refractivity contribution is -0.119. The summed E-state index contributed by atoms with van der Waals surface area (Å²) in [7, 11) is 0. The molecule has 5 heteroatoms. The maximum Gasteiger partial charge on any atom is 0.265 e. The Labute approximate surface area is 152 Å². The zero-order chi connectivity index (χ0) is 19.1. The number of rotatable bonds is 3. The number of amides is 1. The lowest BCUT2D eigenvalue weighted by Gasteiger charge is -2.21. The van der Waals surface area contributed by atoms with Crippen molar-refractivity contribution in [3.63, 3.8) is 0 Å². The highest BCUT2D eigenvalue weighted by Gasteiger charge is 2.22. The van der Waals surface area contributed by atoms with Crippen LogP contribution in [0.4, 0.5) is 0 Å². The average Bonchev–Trinajstić information content (AvgIpc) is 2.60. The summed E-state index contributed by atoms with van der Waals surface area (Å²) < 4.78 is 1.49. The van der Waals surface area contributed by atoms with Crippen LogP contribution in [0.1, 0.15) is 45.0 Å². The summed E-state index contributed by atoms with van der Waals surface area (Å²) in [6.07, 6.45) is 0. The van der Waals surface area contributed by atoms with Gasteiger partial charge in [-0.2, -0.15) is 0 Å². The summed E-state index contributed by atoms with van der Waals surface area (Å²) in [5.74, 6) is -0.855. The first-order chi connectivity index (χ1) is 12.2. The molecule has 0 bridgehead atoms. The van der Waals surface area contributed by atoms with Crippen molar-refractivity contribution in [2.75, 3.05) is 0 Å². The van der Waals surface area contributed by atoms with Crippen LogP contribution < -0.4 is 11.3 Å². The van der Waals surface area contributed by atoms with Crippen molar-refractivity contribution in [2.24, 2.45) is 5.73 Å². The molecule has 0 spiro atoms. The van der Waals surface area contributed by atoms with Crippen molar-refractivity contribution >= 4 is 16.8 Å². The number of nitrogens with two attached hydrogens (primary N) is 1. The lowest BCUT2D eigenvalue weighted by atomic mass is 9.87. The van der Waals surface area contributed by atoms with Crippen LogP contribution >= 0.6 is 0 Å². The van der Waals surface area contributed by atoms with Gasteiger partial charge < -0.3 is 5.73 Å². The fourth-order valence-electron chi connectivity index (χ4n) is 2.93. The van der Waals surface area contributed by atoms with Gasteiger partial charge in [-0.3, -0.25) is 14.2 Å². The van der Waals surface area contributed by atoms with E-state index in [9.17, 15) is 9.59 Å². The molecule has 5 nitrogen and oxygen atoms in total. The minimum atomic E-state index is -0.686. The number of para-hydroxylation sites is 1. The summed E-state index contributed by atoms with van der Waals surface area (Å²) >= 11 is 0. The molecule has 1 heterocycles. The number of hydrogen-bond acceptors (Lipinski definition) is 3. The third kappa shape index (κ3) is 3.12. The van der Waals surface area contributed by atoms with Gasteiger partial charge in [0.05, 0.1) is 22.5 Å². The normalized spacial score (nSPS) is 12.9. The van der Waals surface area contributed by atoms with Crippen molar-refractivity contribution in [2.45, 2.75) is 39.0 Å². The van der Waals surface area contributed by atoms with Gasteiger partial charge in [0.15, 0.2) is 0 Å². The second kappa shape index (κ2) is 6.41. The quantitative estimate of drug-likeness (QED) is 0.788. The molecule has 2 N–H and O–H groups in total. The van der Waals surface area contributed by atoms with Crippen LogP contribution in [-0.2, 0) is 10.2 Å². The number of carbonyl (C=O) groups is 1. The maximum absolute atomic E-state index is 13.1. The topological polar surface area (TPSA) is 78.0 Å². The predicted octanol–water partition coefficient (Wildman–Crippen LogP) is 3.27. The van der Waals surface area contributed by atoms with E-state index in [1.54, 1.807) is 25.1 Å². The van der Waals surface area contributed by atoms with Crippen molar-refractivity contribution in [1.29, 1.82) is 0 Å². The molecule has 0 fully saturated rings. The third-order valence-electron chi connectivity index (χ3n) is 4.61. The molecule has 134 valence electrons. The number of aromatic nitrogens is 2. The highest BCUT2D eigenvalue weighted by atomic mass is 16.1. The van der Waals surface area contributed by atoms with Crippen LogP contribution in [0.3, 0.4) is 0 Å². The SMILES string of the molecule is CC(C(N)=O)c1nc2ccccc2c(=O)n1-c1ccc(C(C)(C)C)cc1. The van der Waals surface area contributed by atoms with Crippen LogP contribution in [0.2, 0.25) is 0 Å². The van der Waals surface area contributed by atoms with Crippen LogP contribution in [0.25, 0.3) is 16.6 Å². The summed E-state index contributed by atoms with van der Waals surface area (Å²) in [6.45, 7) is 8.06. The number of benzene rings is 2. The molecule has 1 unspecified atom stereocenters. The molecule has 1 atom stereocenters. The molecule has 1 amide bonds. The summed E-state index contributed by atoms with van der Waals surface area (Å²) in [5.41, 5.74) is 7.69. The van der Waals surface area contributed by atoms with Gasteiger partial charge in [-0.25, -0.2) is 4.98 Å². The van der Waals surface area contributed by atoms with Gasteiger partial charge in [0.1, 0.15) is 5.82 Å². The first-order valence-electron chi connectivity index (χ1n) is 8.62. The highest BCUT2D eigenvalue weighted by molar-refractivity contribution is 5.83. The van der Waals surface area contributed by atoms with Gasteiger partial charge in [-0.1, -0.05) is 45.0 Å². The molecule has 1 aromatic heterocycles. The summed E-state index contributed by atoms with van der Waals surface area (Å²) in [5, 5.41) is 0.507. The van der Waals surface area contributed by atoms with E-state index in [0.717, 1.165) is 5.56 Å². The first-order valence-corrected chi connectivity index (χ1v) is 8.62. The molecule has 0 radical (unpaired) electrons. The number of primary amides is 1. The van der Waals surface area contributed by atoms with Gasteiger partial charge in [0, 0.05) is 0 Å². The molecule has 0 saturated carbocycles. The zero-order valence-corrected chi connectivity index (χ0v) is 15.5. The maximum atomic E-state index is 13.1. The van der Waals surface area contributed by atoms with E-state index < -0.39 is 11.8 Å². The standard InChI is InChI=1S/C21H23N3O2/c1-13(18(22)25)19-23-17-8-6-5-7-16(17)20(26)24(19)15-11-9-14(10-12-15)21(2,3)4/h5-13H,1-4H3,(H2,22,25). The Bertz CT molecular complexity index is 1030. The minimum Gasteiger partial charge on any atom is -0.369 e. The van der Waals surface area contributed by atoms with E-state index in [0.29, 0.717) is 22.4 Å². The smallest absolute Gasteiger partial charge is 0.265 e. The number of nitrogens with zero attached hydrogens (tertiary/aromatic N) is 2. The molecule has 0 aliphatic rings. The van der Waals surface area contributed by atoms with Crippen LogP contribution in [0.15, 0.2) is 53.3 Å². The van der Waals surface area contributed by atoms with Gasteiger partial charge in [0.25, 0.3) is 5.56 Å². The predicted molar refractivity (Wildman–Crippen MR) is 104 cm³/mol. The zero-order valence-electron chi connectivity index (χ0n) is 15.5. The van der Waals surface area contributed by atoms with E-state index >= 15 is 0 Å². The fourth-order valence-corrected chi connectivity index (χ4v) is 2.93. The molecule has 26 heavy (non-hydrogen) atoms. The molecular formula is C21H23N3O2. The van der Waals surface area contributed by atoms with Crippen molar-refractivity contribution in [3.8, 4) is 5.69 Å². The molecular weight excluding hydrogens is 326 g/mol. The highest BCUT2D eigenvalue weighted by Crippen LogP contribution is 2.24. The molecule has 0 saturated heterocycles. The summed E-state index contributed by atoms with van der Waals surface area (Å²) in [6, 6.07) is 14.9. The number of fused-ring (bicyclic) bond motifs is 1. The van der Waals surface area contributed by atoms with Gasteiger partial charge in [-0.15, -0.1) is 0 Å². The molecule has 2 aromatic carbocycles. The van der Waals surface area contributed by atoms with E-state index in [1.807, 2.05) is 30.3 Å². The van der Waals surface area contributed by atoms with E-state index in [-0.39, 0.29) is 11.0 Å². The lowest BCUT2D eigenvalue weighted by Crippen LogP contribution is -2.30. The average molecular weight is 349 g/mol. The van der Waals surface area contributed by atoms with Crippen molar-refractivity contribution < 1.29 is 4.79 Å². The Morgan fingerprint density at radius 1 is 1.08 bits per heavy atom. The number of carbonyl (C=O) groups excluding carboxylic acids is 1. The van der Waals surface area contributed by atoms with E-state index in [4.69, 9.17) is 5.73 Å². The molecule has 0 aliphatic carbocycles. The fraction of sp³-hybridized carbons (Fsp3) is 0.286. The van der Waals surface area contributed by atoms with Crippen molar-refractivity contribution in [3.05, 3.63) is 70.3 Å². The van der Waals surface area contributed by atoms with Crippen LogP contribution in [0.5, 0.6) is 0 Å². The molecule has 0 aliphatic heterocycles. The Kier molecular flexibility index (Phi) is 4.40. The monoisotopic (exact) mass is 349 g/mol. The van der Waals surface area contributed by atoms with Gasteiger partial charge >= 0.3 is 0 Å². The van der Waals surface area contributed by atoms with Crippen LogP contribution in [0, 0.1) is 0 Å². The minimum absolute atomic E-state index is 0.00840. The Hall–Kier alpha value is -2.95. The number of hydrogen-bond donors (Lipinski definition) is 1. The Morgan fingerprint density at radius 3 is 2.27 bits per heavy atom. The van der Waals surface area contributed by atoms with Gasteiger partial charge in [0.2, 0.25) is 5.91 Å². The molecule has 3 aromatic rings.